The van der Waals surface area contributed by atoms with Gasteiger partial charge in [-0.3, -0.25) is 4.55 Å². The van der Waals surface area contributed by atoms with Crippen LogP contribution in [0.5, 0.6) is 0 Å². The van der Waals surface area contributed by atoms with Crippen LogP contribution in [0.1, 0.15) is 2.85 Å². The van der Waals surface area contributed by atoms with Gasteiger partial charge in [0.2, 0.25) is 0 Å². The molecule has 0 heterocycles. The summed E-state index contributed by atoms with van der Waals surface area (Å²) < 4.78 is 242. The molecule has 0 aromatic heterocycles. The van der Waals surface area contributed by atoms with Gasteiger partial charge in [0.05, 0.1) is 0 Å². The van der Waals surface area contributed by atoms with Crippen LogP contribution < -0.4 is 0 Å². The molecule has 0 aliphatic heterocycles. The minimum Gasteiger partial charge on any atom is -1.00 e. The zero-order valence-corrected chi connectivity index (χ0v) is 18.1. The molecule has 0 aliphatic rings. The molecule has 0 fully saturated rings. The van der Waals surface area contributed by atoms with Crippen molar-refractivity contribution >= 4 is 59.0 Å². The van der Waals surface area contributed by atoms with Crippen molar-refractivity contribution in [2.45, 2.75) is 47.0 Å². The molecule has 1 N–H and O–H groups in total. The molecule has 0 aromatic rings. The van der Waals surface area contributed by atoms with Crippen molar-refractivity contribution in [3.8, 4) is 0 Å². The van der Waals surface area contributed by atoms with Crippen molar-refractivity contribution in [3.05, 3.63) is 0 Å². The fourth-order valence-corrected chi connectivity index (χ4v) is 1.76. The number of hydrogen-bond acceptors (Lipinski definition) is 2. The quantitative estimate of drug-likeness (QED) is 0.250. The minimum atomic E-state index is -8.89. The Labute approximate surface area is 195 Å². The first-order valence-corrected chi connectivity index (χ1v) is 7.12. The third-order valence-corrected chi connectivity index (χ3v) is 3.92. The SMILES string of the molecule is O=S(=O)(O)C(F)(F)C(F)(F)C(F)(F)C(F)(F)C(F)(F)C(F)(F)C(F)(F)C(F)(F)F.[Ba+2].[H-].[H-]. The van der Waals surface area contributed by atoms with Crippen molar-refractivity contribution in [1.29, 1.82) is 0 Å². The van der Waals surface area contributed by atoms with Crippen LogP contribution in [0.3, 0.4) is 0 Å². The Morgan fingerprint density at radius 2 is 0.667 bits per heavy atom. The van der Waals surface area contributed by atoms with E-state index >= 15 is 0 Å². The molecule has 0 saturated heterocycles. The molecule has 3 nitrogen and oxygen atoms in total. The third kappa shape index (κ3) is 4.03. The average Bonchev–Trinajstić information content (AvgIpc) is 2.43. The van der Waals surface area contributed by atoms with E-state index in [2.05, 4.69) is 0 Å². The topological polar surface area (TPSA) is 54.4 Å². The van der Waals surface area contributed by atoms with Crippen molar-refractivity contribution < 1.29 is 90.5 Å². The fraction of sp³-hybridized carbons (Fsp3) is 1.00. The van der Waals surface area contributed by atoms with E-state index < -0.39 is 57.1 Å². The fourth-order valence-electron chi connectivity index (χ4n) is 1.31. The van der Waals surface area contributed by atoms with E-state index in [0.717, 1.165) is 0 Å². The second-order valence-electron chi connectivity index (χ2n) is 4.94. The van der Waals surface area contributed by atoms with Gasteiger partial charge in [0, 0.05) is 0 Å². The number of halogens is 17. The van der Waals surface area contributed by atoms with E-state index in [1.165, 1.54) is 0 Å². The summed E-state index contributed by atoms with van der Waals surface area (Å²) in [6, 6.07) is 0. The van der Waals surface area contributed by atoms with Crippen molar-refractivity contribution in [2.24, 2.45) is 0 Å². The van der Waals surface area contributed by atoms with Crippen LogP contribution in [0.4, 0.5) is 74.6 Å². The Balaban J connectivity index is -0.00000131. The Morgan fingerprint density at radius 1 is 0.467 bits per heavy atom. The molecule has 0 aromatic carbocycles. The molecule has 0 spiro atoms. The molecule has 180 valence electrons. The van der Waals surface area contributed by atoms with Gasteiger partial charge in [0.15, 0.2) is 0 Å². The number of alkyl halides is 17. The van der Waals surface area contributed by atoms with Gasteiger partial charge >= 0.3 is 106 Å². The van der Waals surface area contributed by atoms with Crippen molar-refractivity contribution in [1.82, 2.24) is 0 Å². The van der Waals surface area contributed by atoms with Crippen LogP contribution in [-0.4, -0.2) is 109 Å². The standard InChI is InChI=1S/C8HF17O3S.Ba.2H/c9-1(10,3(13,14)5(17,18)7(21,22)23)2(11,12)4(15,16)6(19,20)8(24,25)29(26,27)28;;;/h(H,26,27,28);;;/q;+2;2*-1. The molecule has 0 saturated carbocycles. The van der Waals surface area contributed by atoms with E-state index in [0.29, 0.717) is 0 Å². The zero-order chi connectivity index (χ0) is 24.5. The van der Waals surface area contributed by atoms with E-state index in [4.69, 9.17) is 4.55 Å². The number of rotatable bonds is 7. The first-order valence-electron chi connectivity index (χ1n) is 5.68. The van der Waals surface area contributed by atoms with Crippen molar-refractivity contribution in [3.63, 3.8) is 0 Å². The molecular weight excluding hydrogens is 636 g/mol. The molecule has 0 atom stereocenters. The van der Waals surface area contributed by atoms with Crippen LogP contribution in [-0.2, 0) is 10.1 Å². The van der Waals surface area contributed by atoms with E-state index in [-0.39, 0.29) is 51.7 Å². The third-order valence-electron chi connectivity index (χ3n) is 3.02. The molecule has 22 heteroatoms. The Hall–Kier alpha value is 0.291. The normalized spacial score (nSPS) is 16.3. The summed E-state index contributed by atoms with van der Waals surface area (Å²) in [6.45, 7) is 0. The predicted octanol–water partition coefficient (Wildman–Crippen LogP) is 4.69. The molecule has 0 amide bonds. The molecule has 0 unspecified atom stereocenters. The van der Waals surface area contributed by atoms with E-state index in [1.54, 1.807) is 0 Å². The maximum Gasteiger partial charge on any atom is 2.00 e. The Bertz CT molecular complexity index is 749. The smallest absolute Gasteiger partial charge is 1.00 e. The zero-order valence-electron chi connectivity index (χ0n) is 14.8. The van der Waals surface area contributed by atoms with E-state index in [9.17, 15) is 83.1 Å². The molecule has 0 radical (unpaired) electrons. The van der Waals surface area contributed by atoms with Crippen LogP contribution in [0.25, 0.3) is 0 Å². The van der Waals surface area contributed by atoms with Crippen LogP contribution >= 0.6 is 0 Å². The molecule has 0 bridgehead atoms. The molecular formula is C8H3BaF17O3S. The number of hydrogen-bond donors (Lipinski definition) is 1. The largest absolute Gasteiger partial charge is 2.00 e. The van der Waals surface area contributed by atoms with Gasteiger partial charge in [-0.25, -0.2) is 0 Å². The van der Waals surface area contributed by atoms with Gasteiger partial charge in [-0.1, -0.05) is 0 Å². The second-order valence-corrected chi connectivity index (χ2v) is 6.40. The average molecular weight is 639 g/mol. The van der Waals surface area contributed by atoms with Gasteiger partial charge in [-0.15, -0.1) is 0 Å². The first-order chi connectivity index (χ1) is 12.0. The summed E-state index contributed by atoms with van der Waals surface area (Å²) in [4.78, 5) is 0. The van der Waals surface area contributed by atoms with Crippen LogP contribution in [0, 0.1) is 0 Å². The summed E-state index contributed by atoms with van der Waals surface area (Å²) in [5.41, 5.74) is 0. The van der Waals surface area contributed by atoms with Gasteiger partial charge in [-0.05, 0) is 0 Å². The summed E-state index contributed by atoms with van der Waals surface area (Å²) in [5.74, 6) is -52.0. The van der Waals surface area contributed by atoms with Crippen LogP contribution in [0.2, 0.25) is 0 Å². The minimum absolute atomic E-state index is 0. The Morgan fingerprint density at radius 3 is 0.867 bits per heavy atom. The molecule has 30 heavy (non-hydrogen) atoms. The van der Waals surface area contributed by atoms with Gasteiger partial charge in [-0.2, -0.15) is 83.1 Å². The van der Waals surface area contributed by atoms with Gasteiger partial charge in [0.1, 0.15) is 0 Å². The van der Waals surface area contributed by atoms with Crippen molar-refractivity contribution in [2.75, 3.05) is 0 Å². The monoisotopic (exact) mass is 640 g/mol. The maximum absolute atomic E-state index is 13.0. The van der Waals surface area contributed by atoms with Crippen LogP contribution in [0.15, 0.2) is 0 Å². The predicted molar refractivity (Wildman–Crippen MR) is 60.2 cm³/mol. The summed E-state index contributed by atoms with van der Waals surface area (Å²) in [7, 11) is -7.89. The van der Waals surface area contributed by atoms with Gasteiger partial charge < -0.3 is 2.85 Å². The van der Waals surface area contributed by atoms with Gasteiger partial charge in [0.25, 0.3) is 0 Å². The summed E-state index contributed by atoms with van der Waals surface area (Å²) in [5, 5.41) is -7.84. The molecule has 0 rings (SSSR count). The molecule has 0 aliphatic carbocycles. The summed E-state index contributed by atoms with van der Waals surface area (Å²) in [6.07, 6.45) is -7.88. The first kappa shape index (κ1) is 32.5. The van der Waals surface area contributed by atoms with E-state index in [1.807, 2.05) is 0 Å². The summed E-state index contributed by atoms with van der Waals surface area (Å²) >= 11 is 0. The Kier molecular flexibility index (Phi) is 8.61. The second kappa shape index (κ2) is 7.95. The maximum atomic E-state index is 13.0.